The molecule has 0 aromatic carbocycles. The molecule has 1 atom stereocenters. The van der Waals surface area contributed by atoms with E-state index in [1.807, 2.05) is 0 Å². The van der Waals surface area contributed by atoms with Crippen molar-refractivity contribution in [2.75, 3.05) is 6.54 Å². The van der Waals surface area contributed by atoms with Gasteiger partial charge in [0.1, 0.15) is 0 Å². The van der Waals surface area contributed by atoms with Gasteiger partial charge in [-0.3, -0.25) is 0 Å². The van der Waals surface area contributed by atoms with Crippen LogP contribution in [0, 0.1) is 5.92 Å². The largest absolute Gasteiger partial charge is 0.348 e. The van der Waals surface area contributed by atoms with Crippen molar-refractivity contribution in [2.45, 2.75) is 13.3 Å². The van der Waals surface area contributed by atoms with Gasteiger partial charge in [-0.15, -0.1) is 0 Å². The van der Waals surface area contributed by atoms with E-state index >= 15 is 0 Å². The van der Waals surface area contributed by atoms with Gasteiger partial charge in [0.25, 0.3) is 0 Å². The second kappa shape index (κ2) is 2.57. The van der Waals surface area contributed by atoms with Crippen LogP contribution in [0.25, 0.3) is 0 Å². The molecule has 0 aliphatic carbocycles. The number of fused-ring (bicyclic) bond motifs is 1. The quantitative estimate of drug-likeness (QED) is 0.508. The lowest BCUT2D eigenvalue weighted by Crippen LogP contribution is -2.24. The second-order valence-electron chi connectivity index (χ2n) is 3.25. The fourth-order valence-electron chi connectivity index (χ4n) is 1.56. The van der Waals surface area contributed by atoms with E-state index in [1.165, 1.54) is 18.7 Å². The van der Waals surface area contributed by atoms with Crippen molar-refractivity contribution < 1.29 is 0 Å². The SMILES string of the molecule is CC1C=C2C=CC=CN2CC1. The molecule has 2 aliphatic heterocycles. The predicted octanol–water partition coefficient (Wildman–Crippen LogP) is 2.30. The third-order valence-electron chi connectivity index (χ3n) is 2.26. The molecular weight excluding hydrogens is 134 g/mol. The maximum absolute atomic E-state index is 2.34. The third-order valence-corrected chi connectivity index (χ3v) is 2.26. The first-order chi connectivity index (χ1) is 5.36. The Hall–Kier alpha value is -0.980. The molecule has 0 saturated heterocycles. The summed E-state index contributed by atoms with van der Waals surface area (Å²) in [6, 6.07) is 0. The van der Waals surface area contributed by atoms with Crippen molar-refractivity contribution in [2.24, 2.45) is 5.92 Å². The summed E-state index contributed by atoms with van der Waals surface area (Å²) in [7, 11) is 0. The smallest absolute Gasteiger partial charge is 0.0368 e. The molecule has 2 rings (SSSR count). The molecule has 0 aromatic rings. The molecule has 0 saturated carbocycles. The first-order valence-corrected chi connectivity index (χ1v) is 4.19. The van der Waals surface area contributed by atoms with Gasteiger partial charge in [-0.25, -0.2) is 0 Å². The van der Waals surface area contributed by atoms with Crippen LogP contribution in [0.5, 0.6) is 0 Å². The Bertz CT molecular complexity index is 235. The van der Waals surface area contributed by atoms with E-state index in [0.29, 0.717) is 0 Å². The van der Waals surface area contributed by atoms with Gasteiger partial charge in [0.15, 0.2) is 0 Å². The van der Waals surface area contributed by atoms with Crippen LogP contribution in [-0.4, -0.2) is 11.4 Å². The first-order valence-electron chi connectivity index (χ1n) is 4.19. The summed E-state index contributed by atoms with van der Waals surface area (Å²) < 4.78 is 0. The van der Waals surface area contributed by atoms with Gasteiger partial charge in [-0.1, -0.05) is 19.1 Å². The van der Waals surface area contributed by atoms with E-state index in [-0.39, 0.29) is 0 Å². The van der Waals surface area contributed by atoms with Gasteiger partial charge < -0.3 is 4.90 Å². The Labute approximate surface area is 67.7 Å². The minimum absolute atomic E-state index is 0.748. The summed E-state index contributed by atoms with van der Waals surface area (Å²) in [6.07, 6.45) is 12.1. The highest BCUT2D eigenvalue weighted by Crippen LogP contribution is 2.22. The first kappa shape index (κ1) is 6.71. The summed E-state index contributed by atoms with van der Waals surface area (Å²) in [4.78, 5) is 2.31. The Morgan fingerprint density at radius 1 is 1.45 bits per heavy atom. The molecule has 0 fully saturated rings. The second-order valence-corrected chi connectivity index (χ2v) is 3.25. The van der Waals surface area contributed by atoms with E-state index in [0.717, 1.165) is 5.92 Å². The van der Waals surface area contributed by atoms with E-state index in [2.05, 4.69) is 42.3 Å². The number of rotatable bonds is 0. The fraction of sp³-hybridized carbons (Fsp3) is 0.400. The molecule has 1 unspecified atom stereocenters. The summed E-state index contributed by atoms with van der Waals surface area (Å²) in [5.41, 5.74) is 1.37. The van der Waals surface area contributed by atoms with Crippen molar-refractivity contribution in [1.29, 1.82) is 0 Å². The minimum Gasteiger partial charge on any atom is -0.348 e. The van der Waals surface area contributed by atoms with Crippen LogP contribution in [0.3, 0.4) is 0 Å². The lowest BCUT2D eigenvalue weighted by atomic mass is 10.0. The summed E-state index contributed by atoms with van der Waals surface area (Å²) in [5.74, 6) is 0.748. The Morgan fingerprint density at radius 3 is 3.27 bits per heavy atom. The van der Waals surface area contributed by atoms with Crippen molar-refractivity contribution in [3.63, 3.8) is 0 Å². The third kappa shape index (κ3) is 1.23. The number of allylic oxidation sites excluding steroid dienone is 4. The molecule has 0 amide bonds. The molecule has 11 heavy (non-hydrogen) atoms. The van der Waals surface area contributed by atoms with Crippen LogP contribution in [0.2, 0.25) is 0 Å². The topological polar surface area (TPSA) is 3.24 Å². The van der Waals surface area contributed by atoms with Gasteiger partial charge in [0, 0.05) is 18.4 Å². The van der Waals surface area contributed by atoms with E-state index in [1.54, 1.807) is 0 Å². The summed E-state index contributed by atoms with van der Waals surface area (Å²) >= 11 is 0. The molecule has 0 aromatic heterocycles. The number of hydrogen-bond donors (Lipinski definition) is 0. The van der Waals surface area contributed by atoms with E-state index < -0.39 is 0 Å². The van der Waals surface area contributed by atoms with Gasteiger partial charge in [0.05, 0.1) is 0 Å². The number of nitrogens with zero attached hydrogens (tertiary/aromatic N) is 1. The fourth-order valence-corrected chi connectivity index (χ4v) is 1.56. The standard InChI is InChI=1S/C10H13N/c1-9-5-7-11-6-3-2-4-10(11)8-9/h2-4,6,8-9H,5,7H2,1H3. The molecule has 2 aliphatic rings. The van der Waals surface area contributed by atoms with E-state index in [9.17, 15) is 0 Å². The monoisotopic (exact) mass is 147 g/mol. The van der Waals surface area contributed by atoms with Crippen LogP contribution in [0.1, 0.15) is 13.3 Å². The lowest BCUT2D eigenvalue weighted by Gasteiger charge is -2.29. The van der Waals surface area contributed by atoms with Gasteiger partial charge in [-0.2, -0.15) is 0 Å². The molecule has 0 radical (unpaired) electrons. The van der Waals surface area contributed by atoms with Crippen molar-refractivity contribution in [3.05, 3.63) is 36.2 Å². The molecule has 58 valence electrons. The maximum Gasteiger partial charge on any atom is 0.0368 e. The normalized spacial score (nSPS) is 28.3. The average molecular weight is 147 g/mol. The van der Waals surface area contributed by atoms with Crippen LogP contribution in [-0.2, 0) is 0 Å². The average Bonchev–Trinajstić information content (AvgIpc) is 2.04. The zero-order chi connectivity index (χ0) is 7.68. The van der Waals surface area contributed by atoms with Crippen LogP contribution in [0.4, 0.5) is 0 Å². The summed E-state index contributed by atoms with van der Waals surface area (Å²) in [6.45, 7) is 3.45. The Balaban J connectivity index is 2.26. The lowest BCUT2D eigenvalue weighted by molar-refractivity contribution is 0.397. The molecule has 1 nitrogen and oxygen atoms in total. The van der Waals surface area contributed by atoms with Crippen LogP contribution in [0.15, 0.2) is 36.2 Å². The minimum atomic E-state index is 0.748. The predicted molar refractivity (Wildman–Crippen MR) is 46.9 cm³/mol. The summed E-state index contributed by atoms with van der Waals surface area (Å²) in [5, 5.41) is 0. The molecule has 0 N–H and O–H groups in total. The molecular formula is C10H13N. The zero-order valence-corrected chi connectivity index (χ0v) is 6.83. The Morgan fingerprint density at radius 2 is 2.36 bits per heavy atom. The highest BCUT2D eigenvalue weighted by atomic mass is 15.1. The van der Waals surface area contributed by atoms with Crippen LogP contribution >= 0.6 is 0 Å². The maximum atomic E-state index is 2.34. The zero-order valence-electron chi connectivity index (χ0n) is 6.83. The van der Waals surface area contributed by atoms with Gasteiger partial charge >= 0.3 is 0 Å². The van der Waals surface area contributed by atoms with Crippen LogP contribution < -0.4 is 0 Å². The highest BCUT2D eigenvalue weighted by molar-refractivity contribution is 5.29. The van der Waals surface area contributed by atoms with E-state index in [4.69, 9.17) is 0 Å². The Kier molecular flexibility index (Phi) is 1.57. The van der Waals surface area contributed by atoms with Gasteiger partial charge in [-0.05, 0) is 24.5 Å². The molecule has 0 spiro atoms. The highest BCUT2D eigenvalue weighted by Gasteiger charge is 2.14. The molecule has 0 bridgehead atoms. The van der Waals surface area contributed by atoms with Crippen molar-refractivity contribution in [1.82, 2.24) is 4.90 Å². The molecule has 2 heterocycles. The van der Waals surface area contributed by atoms with Crippen molar-refractivity contribution in [3.8, 4) is 0 Å². The molecule has 1 heteroatoms. The number of hydrogen-bond acceptors (Lipinski definition) is 1. The van der Waals surface area contributed by atoms with Crippen molar-refractivity contribution >= 4 is 0 Å². The van der Waals surface area contributed by atoms with Gasteiger partial charge in [0.2, 0.25) is 0 Å².